The predicted molar refractivity (Wildman–Crippen MR) is 82.9 cm³/mol. The Bertz CT molecular complexity index is 378. The first-order valence-electron chi connectivity index (χ1n) is 7.63. The number of carboxylic acids is 1. The summed E-state index contributed by atoms with van der Waals surface area (Å²) in [4.78, 5) is 10.8. The van der Waals surface area contributed by atoms with Gasteiger partial charge in [0.1, 0.15) is 0 Å². The zero-order valence-corrected chi connectivity index (χ0v) is 12.6. The molecular weight excluding hydrogens is 250 g/mol. The van der Waals surface area contributed by atoms with E-state index < -0.39 is 5.97 Å². The number of aliphatic carboxylic acids is 1. The van der Waals surface area contributed by atoms with Gasteiger partial charge in [0, 0.05) is 18.5 Å². The molecule has 0 saturated carbocycles. The van der Waals surface area contributed by atoms with E-state index >= 15 is 0 Å². The van der Waals surface area contributed by atoms with Crippen LogP contribution in [0.25, 0.3) is 0 Å². The van der Waals surface area contributed by atoms with E-state index in [1.165, 1.54) is 18.4 Å². The van der Waals surface area contributed by atoms with Gasteiger partial charge in [0.25, 0.3) is 0 Å². The van der Waals surface area contributed by atoms with Gasteiger partial charge in [-0.05, 0) is 31.7 Å². The van der Waals surface area contributed by atoms with Gasteiger partial charge in [-0.2, -0.15) is 0 Å². The molecule has 2 atom stereocenters. The first-order valence-corrected chi connectivity index (χ1v) is 7.63. The van der Waals surface area contributed by atoms with Crippen molar-refractivity contribution in [3.8, 4) is 0 Å². The summed E-state index contributed by atoms with van der Waals surface area (Å²) >= 11 is 0. The number of nitrogens with one attached hydrogen (secondary N) is 1. The molecule has 3 heteroatoms. The Morgan fingerprint density at radius 1 is 1.25 bits per heavy atom. The van der Waals surface area contributed by atoms with E-state index in [0.717, 1.165) is 12.8 Å². The highest BCUT2D eigenvalue weighted by Crippen LogP contribution is 2.10. The van der Waals surface area contributed by atoms with E-state index in [0.29, 0.717) is 12.5 Å². The second kappa shape index (κ2) is 9.54. The Morgan fingerprint density at radius 2 is 1.95 bits per heavy atom. The van der Waals surface area contributed by atoms with Crippen LogP contribution in [0.3, 0.4) is 0 Å². The van der Waals surface area contributed by atoms with Crippen LogP contribution < -0.4 is 5.32 Å². The molecule has 20 heavy (non-hydrogen) atoms. The molecule has 0 aliphatic rings. The van der Waals surface area contributed by atoms with Crippen LogP contribution in [0.2, 0.25) is 0 Å². The summed E-state index contributed by atoms with van der Waals surface area (Å²) in [6, 6.07) is 11.0. The molecule has 2 N–H and O–H groups in total. The quantitative estimate of drug-likeness (QED) is 0.686. The standard InChI is InChI=1S/C17H27NO2/c1-3-4-8-14(2)18-16(11-12-17(19)20)13-15-9-6-5-7-10-15/h5-7,9-10,14,16,18H,3-4,8,11-13H2,1-2H3,(H,19,20). The Balaban J connectivity index is 2.52. The third-order valence-corrected chi connectivity index (χ3v) is 3.54. The van der Waals surface area contributed by atoms with Gasteiger partial charge in [-0.3, -0.25) is 4.79 Å². The van der Waals surface area contributed by atoms with Crippen LogP contribution in [-0.4, -0.2) is 23.2 Å². The van der Waals surface area contributed by atoms with Crippen LogP contribution >= 0.6 is 0 Å². The minimum absolute atomic E-state index is 0.227. The lowest BCUT2D eigenvalue weighted by Gasteiger charge is -2.23. The van der Waals surface area contributed by atoms with E-state index in [2.05, 4.69) is 31.3 Å². The highest BCUT2D eigenvalue weighted by atomic mass is 16.4. The Hall–Kier alpha value is -1.35. The molecule has 0 saturated heterocycles. The van der Waals surface area contributed by atoms with E-state index in [1.807, 2.05) is 18.2 Å². The number of unbranched alkanes of at least 4 members (excludes halogenated alkanes) is 1. The van der Waals surface area contributed by atoms with Crippen molar-refractivity contribution in [2.75, 3.05) is 0 Å². The zero-order chi connectivity index (χ0) is 14.8. The van der Waals surface area contributed by atoms with Gasteiger partial charge in [0.05, 0.1) is 0 Å². The van der Waals surface area contributed by atoms with E-state index in [-0.39, 0.29) is 12.5 Å². The first kappa shape index (κ1) is 16.7. The fourth-order valence-corrected chi connectivity index (χ4v) is 2.44. The minimum Gasteiger partial charge on any atom is -0.481 e. The van der Waals surface area contributed by atoms with E-state index in [9.17, 15) is 4.79 Å². The molecule has 0 radical (unpaired) electrons. The maximum Gasteiger partial charge on any atom is 0.303 e. The van der Waals surface area contributed by atoms with Gasteiger partial charge in [-0.25, -0.2) is 0 Å². The summed E-state index contributed by atoms with van der Waals surface area (Å²) in [6.45, 7) is 4.38. The Labute approximate surface area is 122 Å². The number of carbonyl (C=O) groups is 1. The molecule has 0 aromatic heterocycles. The Morgan fingerprint density at radius 3 is 2.55 bits per heavy atom. The van der Waals surface area contributed by atoms with Gasteiger partial charge >= 0.3 is 5.97 Å². The number of carboxylic acid groups (broad SMARTS) is 1. The summed E-state index contributed by atoms with van der Waals surface area (Å²) in [7, 11) is 0. The maximum absolute atomic E-state index is 10.8. The Kier molecular flexibility index (Phi) is 7.97. The molecule has 1 aromatic carbocycles. The van der Waals surface area contributed by atoms with Gasteiger partial charge in [0.2, 0.25) is 0 Å². The van der Waals surface area contributed by atoms with Gasteiger partial charge < -0.3 is 10.4 Å². The SMILES string of the molecule is CCCCC(C)NC(CCC(=O)O)Cc1ccccc1. The zero-order valence-electron chi connectivity index (χ0n) is 12.6. The minimum atomic E-state index is -0.717. The molecular formula is C17H27NO2. The molecule has 0 fully saturated rings. The number of hydrogen-bond acceptors (Lipinski definition) is 2. The van der Waals surface area contributed by atoms with Crippen LogP contribution in [0.15, 0.2) is 30.3 Å². The topological polar surface area (TPSA) is 49.3 Å². The second-order valence-electron chi connectivity index (χ2n) is 5.53. The van der Waals surface area contributed by atoms with Gasteiger partial charge in [-0.15, -0.1) is 0 Å². The lowest BCUT2D eigenvalue weighted by Crippen LogP contribution is -2.38. The molecule has 112 valence electrons. The van der Waals surface area contributed by atoms with Crippen molar-refractivity contribution >= 4 is 5.97 Å². The predicted octanol–water partition coefficient (Wildman–Crippen LogP) is 3.63. The van der Waals surface area contributed by atoms with Crippen molar-refractivity contribution in [3.05, 3.63) is 35.9 Å². The normalized spacial score (nSPS) is 13.9. The fourth-order valence-electron chi connectivity index (χ4n) is 2.44. The summed E-state index contributed by atoms with van der Waals surface area (Å²) in [5.41, 5.74) is 1.26. The summed E-state index contributed by atoms with van der Waals surface area (Å²) < 4.78 is 0. The largest absolute Gasteiger partial charge is 0.481 e. The number of hydrogen-bond donors (Lipinski definition) is 2. The van der Waals surface area contributed by atoms with Crippen molar-refractivity contribution < 1.29 is 9.90 Å². The highest BCUT2D eigenvalue weighted by molar-refractivity contribution is 5.66. The maximum atomic E-state index is 10.8. The third kappa shape index (κ3) is 7.29. The van der Waals surface area contributed by atoms with Crippen molar-refractivity contribution in [2.45, 2.75) is 64.5 Å². The lowest BCUT2D eigenvalue weighted by atomic mass is 10.00. The van der Waals surface area contributed by atoms with E-state index in [1.54, 1.807) is 0 Å². The third-order valence-electron chi connectivity index (χ3n) is 3.54. The van der Waals surface area contributed by atoms with Crippen LogP contribution in [0.1, 0.15) is 51.5 Å². The molecule has 0 aliphatic heterocycles. The summed E-state index contributed by atoms with van der Waals surface area (Å²) in [6.07, 6.45) is 5.36. The molecule has 0 bridgehead atoms. The fraction of sp³-hybridized carbons (Fsp3) is 0.588. The molecule has 1 rings (SSSR count). The molecule has 0 spiro atoms. The molecule has 1 aromatic rings. The van der Waals surface area contributed by atoms with Gasteiger partial charge in [-0.1, -0.05) is 50.1 Å². The first-order chi connectivity index (χ1) is 9.61. The molecule has 0 aliphatic carbocycles. The van der Waals surface area contributed by atoms with E-state index in [4.69, 9.17) is 5.11 Å². The van der Waals surface area contributed by atoms with Crippen molar-refractivity contribution in [1.82, 2.24) is 5.32 Å². The average Bonchev–Trinajstić information content (AvgIpc) is 2.43. The van der Waals surface area contributed by atoms with Crippen LogP contribution in [0.5, 0.6) is 0 Å². The molecule has 3 nitrogen and oxygen atoms in total. The number of benzene rings is 1. The summed E-state index contributed by atoms with van der Waals surface area (Å²) in [5.74, 6) is -0.717. The highest BCUT2D eigenvalue weighted by Gasteiger charge is 2.14. The van der Waals surface area contributed by atoms with Crippen molar-refractivity contribution in [1.29, 1.82) is 0 Å². The second-order valence-corrected chi connectivity index (χ2v) is 5.53. The van der Waals surface area contributed by atoms with Crippen molar-refractivity contribution in [2.24, 2.45) is 0 Å². The molecule has 0 heterocycles. The van der Waals surface area contributed by atoms with Crippen molar-refractivity contribution in [3.63, 3.8) is 0 Å². The molecule has 0 amide bonds. The average molecular weight is 277 g/mol. The molecule has 2 unspecified atom stereocenters. The number of rotatable bonds is 10. The lowest BCUT2D eigenvalue weighted by molar-refractivity contribution is -0.137. The summed E-state index contributed by atoms with van der Waals surface area (Å²) in [5, 5.41) is 12.5. The van der Waals surface area contributed by atoms with Crippen LogP contribution in [0, 0.1) is 0 Å². The van der Waals surface area contributed by atoms with Crippen LogP contribution in [-0.2, 0) is 11.2 Å². The monoisotopic (exact) mass is 277 g/mol. The van der Waals surface area contributed by atoms with Gasteiger partial charge in [0.15, 0.2) is 0 Å². The smallest absolute Gasteiger partial charge is 0.303 e. The van der Waals surface area contributed by atoms with Crippen LogP contribution in [0.4, 0.5) is 0 Å².